The minimum atomic E-state index is -3.36. The van der Waals surface area contributed by atoms with Gasteiger partial charge in [-0.05, 0) is 62.2 Å². The van der Waals surface area contributed by atoms with Crippen molar-refractivity contribution in [3.63, 3.8) is 0 Å². The van der Waals surface area contributed by atoms with E-state index in [1.807, 2.05) is 18.2 Å². The molecular formula is C18H28N2O2S. The molecule has 1 saturated heterocycles. The minimum Gasteiger partial charge on any atom is -0.287 e. The molecule has 0 radical (unpaired) electrons. The normalized spacial score (nSPS) is 26.9. The monoisotopic (exact) mass is 336 g/mol. The Morgan fingerprint density at radius 2 is 1.83 bits per heavy atom. The zero-order valence-corrected chi connectivity index (χ0v) is 15.0. The summed E-state index contributed by atoms with van der Waals surface area (Å²) in [6.45, 7) is 6.25. The molecule has 128 valence electrons. The first kappa shape index (κ1) is 16.9. The molecular weight excluding hydrogens is 308 g/mol. The van der Waals surface area contributed by atoms with E-state index in [0.29, 0.717) is 12.3 Å². The first-order valence-corrected chi connectivity index (χ1v) is 10.4. The second kappa shape index (κ2) is 6.91. The summed E-state index contributed by atoms with van der Waals surface area (Å²) in [6, 6.07) is 8.04. The average Bonchev–Trinajstić information content (AvgIpc) is 3.07. The number of sulfonamides is 1. The van der Waals surface area contributed by atoms with E-state index < -0.39 is 15.3 Å². The molecule has 0 saturated carbocycles. The van der Waals surface area contributed by atoms with Crippen LogP contribution < -0.4 is 4.72 Å². The van der Waals surface area contributed by atoms with Crippen LogP contribution in [0.15, 0.2) is 24.3 Å². The number of fused-ring (bicyclic) bond motifs is 1. The molecule has 3 atom stereocenters. The van der Waals surface area contributed by atoms with Crippen molar-refractivity contribution in [3.8, 4) is 0 Å². The molecule has 2 aliphatic rings. The van der Waals surface area contributed by atoms with Gasteiger partial charge >= 0.3 is 0 Å². The summed E-state index contributed by atoms with van der Waals surface area (Å²) in [5.74, 6) is 0.443. The topological polar surface area (TPSA) is 49.4 Å². The quantitative estimate of drug-likeness (QED) is 0.897. The average molecular weight is 337 g/mol. The number of likely N-dealkylation sites (tertiary alicyclic amines) is 1. The third-order valence-corrected chi connectivity index (χ3v) is 7.22. The summed E-state index contributed by atoms with van der Waals surface area (Å²) in [7, 11) is -3.36. The molecule has 1 aromatic carbocycles. The molecule has 0 aromatic heterocycles. The minimum absolute atomic E-state index is 0.0611. The van der Waals surface area contributed by atoms with Crippen molar-refractivity contribution in [2.75, 3.05) is 13.1 Å². The van der Waals surface area contributed by atoms with Gasteiger partial charge in [-0.15, -0.1) is 0 Å². The molecule has 23 heavy (non-hydrogen) atoms. The lowest BCUT2D eigenvalue weighted by Crippen LogP contribution is -2.48. The van der Waals surface area contributed by atoms with Gasteiger partial charge in [0.2, 0.25) is 10.0 Å². The summed E-state index contributed by atoms with van der Waals surface area (Å²) in [5, 5.41) is -0.411. The number of nitrogens with one attached hydrogen (secondary N) is 1. The van der Waals surface area contributed by atoms with Crippen LogP contribution in [0.3, 0.4) is 0 Å². The van der Waals surface area contributed by atoms with Crippen molar-refractivity contribution in [2.45, 2.75) is 63.3 Å². The van der Waals surface area contributed by atoms with Crippen LogP contribution in [-0.4, -0.2) is 32.6 Å². The first-order valence-electron chi connectivity index (χ1n) is 8.87. The first-order chi connectivity index (χ1) is 11.0. The third-order valence-electron chi connectivity index (χ3n) is 5.38. The van der Waals surface area contributed by atoms with E-state index in [1.165, 1.54) is 18.4 Å². The summed E-state index contributed by atoms with van der Waals surface area (Å²) < 4.78 is 29.1. The van der Waals surface area contributed by atoms with E-state index in [2.05, 4.69) is 29.5 Å². The molecule has 0 amide bonds. The molecule has 1 N–H and O–H groups in total. The van der Waals surface area contributed by atoms with Crippen LogP contribution in [0.2, 0.25) is 0 Å². The highest BCUT2D eigenvalue weighted by atomic mass is 32.2. The van der Waals surface area contributed by atoms with Crippen LogP contribution in [-0.2, 0) is 10.0 Å². The molecule has 1 aromatic rings. The Labute approximate surface area is 140 Å². The fourth-order valence-corrected chi connectivity index (χ4v) is 5.88. The van der Waals surface area contributed by atoms with Gasteiger partial charge in [-0.3, -0.25) is 4.90 Å². The predicted octanol–water partition coefficient (Wildman–Crippen LogP) is 3.38. The highest BCUT2D eigenvalue weighted by Gasteiger charge is 2.36. The maximum atomic E-state index is 13.0. The highest BCUT2D eigenvalue weighted by Crippen LogP contribution is 2.41. The van der Waals surface area contributed by atoms with Gasteiger partial charge in [0.25, 0.3) is 0 Å². The number of benzene rings is 1. The Bertz CT molecular complexity index is 638. The second-order valence-electron chi connectivity index (χ2n) is 6.93. The maximum Gasteiger partial charge on any atom is 0.220 e. The molecule has 1 fully saturated rings. The second-order valence-corrected chi connectivity index (χ2v) is 8.82. The summed E-state index contributed by atoms with van der Waals surface area (Å²) >= 11 is 0. The van der Waals surface area contributed by atoms with Gasteiger partial charge in [0, 0.05) is 0 Å². The van der Waals surface area contributed by atoms with Gasteiger partial charge in [0.05, 0.1) is 6.17 Å². The van der Waals surface area contributed by atoms with Gasteiger partial charge in [0.15, 0.2) is 0 Å². The van der Waals surface area contributed by atoms with E-state index in [0.717, 1.165) is 31.5 Å². The third kappa shape index (κ3) is 3.47. The Morgan fingerprint density at radius 3 is 2.48 bits per heavy atom. The summed E-state index contributed by atoms with van der Waals surface area (Å²) in [5.41, 5.74) is 2.19. The van der Waals surface area contributed by atoms with E-state index in [4.69, 9.17) is 0 Å². The standard InChI is InChI=1S/C18H28N2O2S/c1-3-18(20-12-6-7-13-20)19-23(21,22)17-11-10-14(2)15-8-4-5-9-16(15)17/h4-5,8-9,14,17-19H,3,6-7,10-13H2,1-2H3. The van der Waals surface area contributed by atoms with Gasteiger partial charge in [-0.2, -0.15) is 4.72 Å². The van der Waals surface area contributed by atoms with Crippen molar-refractivity contribution >= 4 is 10.0 Å². The zero-order chi connectivity index (χ0) is 16.4. The lowest BCUT2D eigenvalue weighted by molar-refractivity contribution is 0.223. The molecule has 0 spiro atoms. The Kier molecular flexibility index (Phi) is 5.09. The van der Waals surface area contributed by atoms with Crippen LogP contribution in [0.1, 0.15) is 68.2 Å². The maximum absolute atomic E-state index is 13.0. The van der Waals surface area contributed by atoms with Gasteiger partial charge in [-0.1, -0.05) is 38.1 Å². The van der Waals surface area contributed by atoms with Gasteiger partial charge in [0.1, 0.15) is 5.25 Å². The van der Waals surface area contributed by atoms with Crippen LogP contribution in [0, 0.1) is 0 Å². The van der Waals surface area contributed by atoms with E-state index >= 15 is 0 Å². The van der Waals surface area contributed by atoms with Crippen molar-refractivity contribution < 1.29 is 8.42 Å². The lowest BCUT2D eigenvalue weighted by Gasteiger charge is -2.33. The lowest BCUT2D eigenvalue weighted by atomic mass is 9.84. The fraction of sp³-hybridized carbons (Fsp3) is 0.667. The Morgan fingerprint density at radius 1 is 1.17 bits per heavy atom. The van der Waals surface area contributed by atoms with E-state index in [9.17, 15) is 8.42 Å². The SMILES string of the molecule is CCC(NS(=O)(=O)C1CCC(C)c2ccccc21)N1CCCC1. The van der Waals surface area contributed by atoms with Gasteiger partial charge < -0.3 is 0 Å². The molecule has 4 nitrogen and oxygen atoms in total. The number of hydrogen-bond acceptors (Lipinski definition) is 3. The Hall–Kier alpha value is -0.910. The van der Waals surface area contributed by atoms with Gasteiger partial charge in [-0.25, -0.2) is 8.42 Å². The number of hydrogen-bond donors (Lipinski definition) is 1. The Balaban J connectivity index is 1.83. The molecule has 3 rings (SSSR count). The highest BCUT2D eigenvalue weighted by molar-refractivity contribution is 7.89. The van der Waals surface area contributed by atoms with Crippen LogP contribution >= 0.6 is 0 Å². The smallest absolute Gasteiger partial charge is 0.220 e. The van der Waals surface area contributed by atoms with Crippen LogP contribution in [0.25, 0.3) is 0 Å². The zero-order valence-electron chi connectivity index (χ0n) is 14.2. The molecule has 0 bridgehead atoms. The van der Waals surface area contributed by atoms with E-state index in [-0.39, 0.29) is 6.17 Å². The summed E-state index contributed by atoms with van der Waals surface area (Å²) in [6.07, 6.45) is 4.73. The molecule has 1 aliphatic heterocycles. The molecule has 1 heterocycles. The van der Waals surface area contributed by atoms with Crippen LogP contribution in [0.5, 0.6) is 0 Å². The van der Waals surface area contributed by atoms with E-state index in [1.54, 1.807) is 0 Å². The van der Waals surface area contributed by atoms with Crippen LogP contribution in [0.4, 0.5) is 0 Å². The van der Waals surface area contributed by atoms with Crippen molar-refractivity contribution in [2.24, 2.45) is 0 Å². The molecule has 3 unspecified atom stereocenters. The molecule has 5 heteroatoms. The van der Waals surface area contributed by atoms with Crippen molar-refractivity contribution in [1.29, 1.82) is 0 Å². The van der Waals surface area contributed by atoms with Crippen molar-refractivity contribution in [3.05, 3.63) is 35.4 Å². The predicted molar refractivity (Wildman–Crippen MR) is 93.8 cm³/mol. The summed E-state index contributed by atoms with van der Waals surface area (Å²) in [4.78, 5) is 2.27. The number of nitrogens with zero attached hydrogens (tertiary/aromatic N) is 1. The fourth-order valence-electron chi connectivity index (χ4n) is 4.03. The largest absolute Gasteiger partial charge is 0.287 e. The van der Waals surface area contributed by atoms with Crippen molar-refractivity contribution in [1.82, 2.24) is 9.62 Å². The number of rotatable bonds is 5. The molecule has 1 aliphatic carbocycles.